The molecule has 1 aliphatic carbocycles. The van der Waals surface area contributed by atoms with Crippen LogP contribution in [0.15, 0.2) is 30.3 Å². The Labute approximate surface area is 115 Å². The molecule has 3 nitrogen and oxygen atoms in total. The fourth-order valence-electron chi connectivity index (χ4n) is 2.97. The molecule has 0 saturated heterocycles. The summed E-state index contributed by atoms with van der Waals surface area (Å²) in [5.41, 5.74) is 1.12. The summed E-state index contributed by atoms with van der Waals surface area (Å²) in [6, 6.07) is 10.4. The second-order valence-electron chi connectivity index (χ2n) is 5.41. The lowest BCUT2D eigenvalue weighted by Gasteiger charge is -2.38. The number of nitrogens with one attached hydrogen (secondary N) is 2. The number of carbonyl (C=O) groups excluding carboxylic acids is 1. The van der Waals surface area contributed by atoms with Gasteiger partial charge in [-0.15, -0.1) is 0 Å². The largest absolute Gasteiger partial charge is 0.347 e. The highest BCUT2D eigenvalue weighted by Gasteiger charge is 2.34. The predicted molar refractivity (Wildman–Crippen MR) is 77.9 cm³/mol. The van der Waals surface area contributed by atoms with Crippen LogP contribution in [-0.4, -0.2) is 19.5 Å². The van der Waals surface area contributed by atoms with E-state index in [0.717, 1.165) is 19.4 Å². The van der Waals surface area contributed by atoms with Crippen LogP contribution in [0.1, 0.15) is 44.1 Å². The Morgan fingerprint density at radius 1 is 1.16 bits per heavy atom. The van der Waals surface area contributed by atoms with E-state index in [0.29, 0.717) is 6.42 Å². The molecule has 0 aromatic heterocycles. The molecule has 1 amide bonds. The van der Waals surface area contributed by atoms with Crippen LogP contribution in [0.4, 0.5) is 0 Å². The van der Waals surface area contributed by atoms with E-state index < -0.39 is 0 Å². The molecule has 0 bridgehead atoms. The minimum absolute atomic E-state index is 0.135. The molecule has 0 spiro atoms. The molecular weight excluding hydrogens is 236 g/mol. The fourth-order valence-corrected chi connectivity index (χ4v) is 2.97. The molecule has 0 aliphatic heterocycles. The Morgan fingerprint density at radius 3 is 2.47 bits per heavy atom. The van der Waals surface area contributed by atoms with Crippen molar-refractivity contribution in [2.45, 2.75) is 44.1 Å². The van der Waals surface area contributed by atoms with Crippen LogP contribution in [0.25, 0.3) is 0 Å². The highest BCUT2D eigenvalue weighted by molar-refractivity contribution is 5.77. The lowest BCUT2D eigenvalue weighted by atomic mass is 9.76. The van der Waals surface area contributed by atoms with Crippen LogP contribution in [0.2, 0.25) is 0 Å². The molecule has 1 fully saturated rings. The summed E-state index contributed by atoms with van der Waals surface area (Å²) < 4.78 is 0. The molecule has 1 saturated carbocycles. The van der Waals surface area contributed by atoms with E-state index in [4.69, 9.17) is 0 Å². The highest BCUT2D eigenvalue weighted by atomic mass is 16.1. The summed E-state index contributed by atoms with van der Waals surface area (Å²) in [6.45, 7) is 0.733. The molecule has 0 heterocycles. The van der Waals surface area contributed by atoms with Gasteiger partial charge in [0.15, 0.2) is 0 Å². The maximum absolute atomic E-state index is 12.1. The van der Waals surface area contributed by atoms with Gasteiger partial charge in [-0.2, -0.15) is 0 Å². The zero-order chi connectivity index (χ0) is 13.6. The van der Waals surface area contributed by atoms with E-state index in [1.807, 2.05) is 13.1 Å². The minimum Gasteiger partial charge on any atom is -0.347 e. The molecule has 1 aromatic carbocycles. The van der Waals surface area contributed by atoms with Crippen LogP contribution in [0.3, 0.4) is 0 Å². The maximum atomic E-state index is 12.1. The van der Waals surface area contributed by atoms with Gasteiger partial charge in [-0.1, -0.05) is 49.6 Å². The van der Waals surface area contributed by atoms with Gasteiger partial charge in [0.25, 0.3) is 0 Å². The zero-order valence-electron chi connectivity index (χ0n) is 11.7. The van der Waals surface area contributed by atoms with Gasteiger partial charge < -0.3 is 10.6 Å². The second-order valence-corrected chi connectivity index (χ2v) is 5.41. The van der Waals surface area contributed by atoms with E-state index in [1.54, 1.807) is 0 Å². The van der Waals surface area contributed by atoms with Crippen LogP contribution >= 0.6 is 0 Å². The van der Waals surface area contributed by atoms with E-state index in [9.17, 15) is 4.79 Å². The van der Waals surface area contributed by atoms with E-state index >= 15 is 0 Å². The molecule has 0 radical (unpaired) electrons. The lowest BCUT2D eigenvalue weighted by molar-refractivity contribution is -0.123. The number of rotatable bonds is 5. The average Bonchev–Trinajstić information content (AvgIpc) is 2.47. The number of hydrogen-bond acceptors (Lipinski definition) is 2. The summed E-state index contributed by atoms with van der Waals surface area (Å²) in [6.07, 6.45) is 6.33. The Morgan fingerprint density at radius 2 is 1.84 bits per heavy atom. The first-order chi connectivity index (χ1) is 9.27. The number of amides is 1. The molecule has 0 atom stereocenters. The van der Waals surface area contributed by atoms with Crippen molar-refractivity contribution in [2.24, 2.45) is 0 Å². The molecule has 3 heteroatoms. The van der Waals surface area contributed by atoms with Crippen molar-refractivity contribution in [1.29, 1.82) is 0 Å². The van der Waals surface area contributed by atoms with Gasteiger partial charge in [0.05, 0.1) is 5.54 Å². The van der Waals surface area contributed by atoms with Crippen molar-refractivity contribution >= 4 is 5.91 Å². The summed E-state index contributed by atoms with van der Waals surface area (Å²) in [5.74, 6) is 0.153. The van der Waals surface area contributed by atoms with Gasteiger partial charge in [-0.05, 0) is 25.5 Å². The monoisotopic (exact) mass is 260 g/mol. The van der Waals surface area contributed by atoms with E-state index in [1.165, 1.54) is 24.8 Å². The van der Waals surface area contributed by atoms with Crippen LogP contribution < -0.4 is 10.6 Å². The normalized spacial score (nSPS) is 17.9. The SMILES string of the molecule is CNCCC(=O)NC1(c2ccccc2)CCCCC1. The van der Waals surface area contributed by atoms with Crippen molar-refractivity contribution in [3.63, 3.8) is 0 Å². The van der Waals surface area contributed by atoms with E-state index in [-0.39, 0.29) is 11.4 Å². The molecule has 2 N–H and O–H groups in total. The first kappa shape index (κ1) is 14.1. The molecule has 19 heavy (non-hydrogen) atoms. The first-order valence-electron chi connectivity index (χ1n) is 7.28. The summed E-state index contributed by atoms with van der Waals surface area (Å²) in [4.78, 5) is 12.1. The van der Waals surface area contributed by atoms with Gasteiger partial charge >= 0.3 is 0 Å². The topological polar surface area (TPSA) is 41.1 Å². The van der Waals surface area contributed by atoms with Crippen molar-refractivity contribution in [3.05, 3.63) is 35.9 Å². The summed E-state index contributed by atoms with van der Waals surface area (Å²) in [7, 11) is 1.88. The van der Waals surface area contributed by atoms with Crippen molar-refractivity contribution in [2.75, 3.05) is 13.6 Å². The van der Waals surface area contributed by atoms with Gasteiger partial charge in [0, 0.05) is 13.0 Å². The van der Waals surface area contributed by atoms with Crippen LogP contribution in [0, 0.1) is 0 Å². The highest BCUT2D eigenvalue weighted by Crippen LogP contribution is 2.37. The lowest BCUT2D eigenvalue weighted by Crippen LogP contribution is -2.47. The Kier molecular flexibility index (Phi) is 4.97. The molecule has 1 aliphatic rings. The van der Waals surface area contributed by atoms with Gasteiger partial charge in [0.1, 0.15) is 0 Å². The van der Waals surface area contributed by atoms with Crippen LogP contribution in [0.5, 0.6) is 0 Å². The van der Waals surface area contributed by atoms with Crippen molar-refractivity contribution in [3.8, 4) is 0 Å². The third-order valence-corrected chi connectivity index (χ3v) is 4.01. The average molecular weight is 260 g/mol. The standard InChI is InChI=1S/C16H24N2O/c1-17-13-10-15(19)18-16(11-6-3-7-12-16)14-8-4-2-5-9-14/h2,4-5,8-9,17H,3,6-7,10-13H2,1H3,(H,18,19). The fraction of sp³-hybridized carbons (Fsp3) is 0.562. The Bertz CT molecular complexity index is 396. The number of benzene rings is 1. The Balaban J connectivity index is 2.13. The molecule has 0 unspecified atom stereocenters. The van der Waals surface area contributed by atoms with Gasteiger partial charge in [0.2, 0.25) is 5.91 Å². The Hall–Kier alpha value is -1.35. The quantitative estimate of drug-likeness (QED) is 0.854. The number of carbonyl (C=O) groups is 1. The van der Waals surface area contributed by atoms with Crippen molar-refractivity contribution < 1.29 is 4.79 Å². The molecule has 1 aromatic rings. The molecular formula is C16H24N2O. The van der Waals surface area contributed by atoms with E-state index in [2.05, 4.69) is 34.9 Å². The van der Waals surface area contributed by atoms with Crippen molar-refractivity contribution in [1.82, 2.24) is 10.6 Å². The van der Waals surface area contributed by atoms with Gasteiger partial charge in [-0.3, -0.25) is 4.79 Å². The second kappa shape index (κ2) is 6.71. The molecule has 104 valence electrons. The smallest absolute Gasteiger partial charge is 0.221 e. The summed E-state index contributed by atoms with van der Waals surface area (Å²) in [5, 5.41) is 6.33. The van der Waals surface area contributed by atoms with Gasteiger partial charge in [-0.25, -0.2) is 0 Å². The third-order valence-electron chi connectivity index (χ3n) is 4.01. The minimum atomic E-state index is -0.135. The first-order valence-corrected chi connectivity index (χ1v) is 7.28. The summed E-state index contributed by atoms with van der Waals surface area (Å²) >= 11 is 0. The van der Waals surface area contributed by atoms with Crippen LogP contribution in [-0.2, 0) is 10.3 Å². The maximum Gasteiger partial charge on any atom is 0.221 e. The number of hydrogen-bond donors (Lipinski definition) is 2. The third kappa shape index (κ3) is 3.57. The zero-order valence-corrected chi connectivity index (χ0v) is 11.7. The predicted octanol–water partition coefficient (Wildman–Crippen LogP) is 2.57. The molecule has 2 rings (SSSR count).